The molecule has 8 nitrogen and oxygen atoms in total. The fourth-order valence-corrected chi connectivity index (χ4v) is 5.46. The molecule has 9 heteroatoms. The van der Waals surface area contributed by atoms with E-state index < -0.39 is 32.5 Å². The second kappa shape index (κ2) is 37.3. The minimum atomic E-state index is -4.77. The number of carbonyl (C=O) groups is 2. The predicted octanol–water partition coefficient (Wildman–Crippen LogP) is 11.9. The van der Waals surface area contributed by atoms with Crippen molar-refractivity contribution in [3.63, 3.8) is 0 Å². The van der Waals surface area contributed by atoms with Gasteiger partial charge in [0.1, 0.15) is 6.61 Å². The molecule has 0 aromatic rings. The van der Waals surface area contributed by atoms with Gasteiger partial charge in [0.15, 0.2) is 6.10 Å². The zero-order valence-electron chi connectivity index (χ0n) is 32.0. The van der Waals surface area contributed by atoms with Crippen LogP contribution in [-0.4, -0.2) is 41.0 Å². The molecule has 0 unspecified atom stereocenters. The molecule has 0 rings (SSSR count). The molecular formula is C42H71O8P. The van der Waals surface area contributed by atoms with E-state index in [-0.39, 0.29) is 19.4 Å². The van der Waals surface area contributed by atoms with E-state index >= 15 is 0 Å². The van der Waals surface area contributed by atoms with E-state index in [2.05, 4.69) is 79.1 Å². The van der Waals surface area contributed by atoms with Gasteiger partial charge in [-0.1, -0.05) is 170 Å². The maximum absolute atomic E-state index is 12.3. The summed E-state index contributed by atoms with van der Waals surface area (Å²) in [6.07, 6.45) is 47.8. The molecule has 0 aromatic carbocycles. The highest BCUT2D eigenvalue weighted by atomic mass is 31.2. The standard InChI is InChI=1S/C42H71O8P/c1-3-5-7-9-11-13-15-17-19-20-21-22-23-25-27-29-31-33-35-37-42(44)50-40(39-49-51(45,46)47)38-48-41(43)36-34-32-30-28-26-24-18-16-14-12-10-8-6-4-2/h5,7,11,13,17,19,21-22,25,27,31,33,40H,3-4,6,8-10,12,14-16,18,20,23-24,26,28-30,32,34-39H2,1-2H3,(H2,45,46,47)/b7-5+,13-11+,19-17+,22-21+,27-25+,33-31+/t40-/m1/s1. The Hall–Kier alpha value is -2.51. The van der Waals surface area contributed by atoms with E-state index in [1.807, 2.05) is 12.2 Å². The Morgan fingerprint density at radius 1 is 0.529 bits per heavy atom. The third-order valence-corrected chi connectivity index (χ3v) is 8.49. The zero-order chi connectivity index (χ0) is 37.5. The van der Waals surface area contributed by atoms with Crippen LogP contribution in [0.2, 0.25) is 0 Å². The molecule has 1 atom stereocenters. The Labute approximate surface area is 310 Å². The molecule has 292 valence electrons. The van der Waals surface area contributed by atoms with Gasteiger partial charge >= 0.3 is 19.8 Å². The Kier molecular flexibility index (Phi) is 35.4. The molecule has 0 saturated heterocycles. The van der Waals surface area contributed by atoms with Crippen molar-refractivity contribution in [3.05, 3.63) is 72.9 Å². The van der Waals surface area contributed by atoms with Crippen LogP contribution < -0.4 is 0 Å². The number of rotatable bonds is 35. The zero-order valence-corrected chi connectivity index (χ0v) is 32.9. The SMILES string of the molecule is CC/C=C/C/C=C/C/C=C/C/C=C/C/C=C/C/C=C/CCC(=O)O[C@H](COC(=O)CCCCCCCCCCCCCCCC)COP(=O)(O)O. The molecule has 0 amide bonds. The van der Waals surface area contributed by atoms with Gasteiger partial charge in [-0.15, -0.1) is 0 Å². The van der Waals surface area contributed by atoms with Gasteiger partial charge in [0, 0.05) is 12.8 Å². The summed E-state index contributed by atoms with van der Waals surface area (Å²) in [5.74, 6) is -0.985. The van der Waals surface area contributed by atoms with Crippen LogP contribution in [0.4, 0.5) is 0 Å². The van der Waals surface area contributed by atoms with Crippen LogP contribution in [0.5, 0.6) is 0 Å². The topological polar surface area (TPSA) is 119 Å². The van der Waals surface area contributed by atoms with Crippen LogP contribution >= 0.6 is 7.82 Å². The number of phosphoric acid groups is 1. The average molecular weight is 735 g/mol. The number of ether oxygens (including phenoxy) is 2. The maximum Gasteiger partial charge on any atom is 0.469 e. The molecule has 0 saturated carbocycles. The number of carbonyl (C=O) groups excluding carboxylic acids is 2. The molecule has 0 aromatic heterocycles. The van der Waals surface area contributed by atoms with Crippen molar-refractivity contribution in [2.45, 2.75) is 168 Å². The van der Waals surface area contributed by atoms with Crippen molar-refractivity contribution < 1.29 is 37.9 Å². The lowest BCUT2D eigenvalue weighted by molar-refractivity contribution is -0.161. The molecule has 0 aliphatic heterocycles. The summed E-state index contributed by atoms with van der Waals surface area (Å²) in [6, 6.07) is 0. The largest absolute Gasteiger partial charge is 0.469 e. The minimum Gasteiger partial charge on any atom is -0.462 e. The van der Waals surface area contributed by atoms with Crippen molar-refractivity contribution in [2.75, 3.05) is 13.2 Å². The molecule has 0 fully saturated rings. The molecule has 0 aliphatic carbocycles. The van der Waals surface area contributed by atoms with Crippen molar-refractivity contribution in [1.82, 2.24) is 0 Å². The van der Waals surface area contributed by atoms with Crippen molar-refractivity contribution >= 4 is 19.8 Å². The van der Waals surface area contributed by atoms with E-state index in [1.165, 1.54) is 70.6 Å². The summed E-state index contributed by atoms with van der Waals surface area (Å²) in [7, 11) is -4.77. The van der Waals surface area contributed by atoms with Crippen molar-refractivity contribution in [3.8, 4) is 0 Å². The van der Waals surface area contributed by atoms with Gasteiger partial charge in [0.25, 0.3) is 0 Å². The van der Waals surface area contributed by atoms with E-state index in [1.54, 1.807) is 0 Å². The number of esters is 2. The Bertz CT molecular complexity index is 1050. The van der Waals surface area contributed by atoms with Gasteiger partial charge in [-0.05, 0) is 51.4 Å². The second-order valence-corrected chi connectivity index (χ2v) is 14.1. The molecule has 0 aliphatic rings. The summed E-state index contributed by atoms with van der Waals surface area (Å²) in [5, 5.41) is 0. The molecule has 51 heavy (non-hydrogen) atoms. The highest BCUT2D eigenvalue weighted by molar-refractivity contribution is 7.46. The number of allylic oxidation sites excluding steroid dienone is 12. The van der Waals surface area contributed by atoms with Crippen LogP contribution in [0.1, 0.15) is 162 Å². The van der Waals surface area contributed by atoms with Crippen LogP contribution in [0.25, 0.3) is 0 Å². The highest BCUT2D eigenvalue weighted by Gasteiger charge is 2.22. The number of hydrogen-bond acceptors (Lipinski definition) is 6. The van der Waals surface area contributed by atoms with Gasteiger partial charge in [0.05, 0.1) is 6.61 Å². The van der Waals surface area contributed by atoms with Crippen LogP contribution in [0.15, 0.2) is 72.9 Å². The number of unbranched alkanes of at least 4 members (excludes halogenated alkanes) is 13. The van der Waals surface area contributed by atoms with Gasteiger partial charge in [-0.2, -0.15) is 0 Å². The monoisotopic (exact) mass is 734 g/mol. The lowest BCUT2D eigenvalue weighted by Gasteiger charge is -2.18. The molecular weight excluding hydrogens is 663 g/mol. The highest BCUT2D eigenvalue weighted by Crippen LogP contribution is 2.36. The van der Waals surface area contributed by atoms with Gasteiger partial charge in [-0.3, -0.25) is 14.1 Å². The predicted molar refractivity (Wildman–Crippen MR) is 211 cm³/mol. The lowest BCUT2D eigenvalue weighted by Crippen LogP contribution is -2.29. The molecule has 2 N–H and O–H groups in total. The van der Waals surface area contributed by atoms with E-state index in [0.29, 0.717) is 12.8 Å². The number of phosphoric ester groups is 1. The van der Waals surface area contributed by atoms with E-state index in [0.717, 1.165) is 51.4 Å². The first kappa shape index (κ1) is 48.5. The third kappa shape index (κ3) is 40.1. The smallest absolute Gasteiger partial charge is 0.462 e. The van der Waals surface area contributed by atoms with Crippen molar-refractivity contribution in [2.24, 2.45) is 0 Å². The summed E-state index contributed by atoms with van der Waals surface area (Å²) in [5.41, 5.74) is 0. The minimum absolute atomic E-state index is 0.0849. The van der Waals surface area contributed by atoms with Crippen LogP contribution in [0, 0.1) is 0 Å². The molecule has 0 radical (unpaired) electrons. The lowest BCUT2D eigenvalue weighted by atomic mass is 10.0. The summed E-state index contributed by atoms with van der Waals surface area (Å²) >= 11 is 0. The fraction of sp³-hybridized carbons (Fsp3) is 0.667. The van der Waals surface area contributed by atoms with Gasteiger partial charge < -0.3 is 19.3 Å². The fourth-order valence-electron chi connectivity index (χ4n) is 5.10. The first-order chi connectivity index (χ1) is 24.8. The Morgan fingerprint density at radius 2 is 0.941 bits per heavy atom. The Balaban J connectivity index is 4.10. The summed E-state index contributed by atoms with van der Waals surface area (Å²) in [4.78, 5) is 42.7. The normalized spacial score (nSPS) is 13.3. The van der Waals surface area contributed by atoms with Crippen molar-refractivity contribution in [1.29, 1.82) is 0 Å². The Morgan fingerprint density at radius 3 is 1.37 bits per heavy atom. The first-order valence-corrected chi connectivity index (χ1v) is 21.3. The van der Waals surface area contributed by atoms with Gasteiger partial charge in [0.2, 0.25) is 0 Å². The van der Waals surface area contributed by atoms with Crippen LogP contribution in [-0.2, 0) is 28.2 Å². The number of hydrogen-bond donors (Lipinski definition) is 2. The van der Waals surface area contributed by atoms with Gasteiger partial charge in [-0.25, -0.2) is 4.57 Å². The quantitative estimate of drug-likeness (QED) is 0.0286. The summed E-state index contributed by atoms with van der Waals surface area (Å²) in [6.45, 7) is 3.50. The molecule has 0 heterocycles. The van der Waals surface area contributed by atoms with E-state index in [4.69, 9.17) is 19.3 Å². The van der Waals surface area contributed by atoms with Crippen LogP contribution in [0.3, 0.4) is 0 Å². The second-order valence-electron chi connectivity index (χ2n) is 12.9. The molecule has 0 bridgehead atoms. The summed E-state index contributed by atoms with van der Waals surface area (Å²) < 4.78 is 26.3. The molecule has 0 spiro atoms. The first-order valence-electron chi connectivity index (χ1n) is 19.7. The maximum atomic E-state index is 12.3. The van der Waals surface area contributed by atoms with E-state index in [9.17, 15) is 14.2 Å². The average Bonchev–Trinajstić information content (AvgIpc) is 3.10. The third-order valence-electron chi connectivity index (χ3n) is 8.00.